The molecule has 0 atom stereocenters. The van der Waals surface area contributed by atoms with Crippen LogP contribution in [0.3, 0.4) is 0 Å². The number of amides is 2. The molecule has 24 heavy (non-hydrogen) atoms. The summed E-state index contributed by atoms with van der Waals surface area (Å²) in [5.41, 5.74) is -1.18. The van der Waals surface area contributed by atoms with E-state index in [1.807, 2.05) is 0 Å². The summed E-state index contributed by atoms with van der Waals surface area (Å²) in [6.07, 6.45) is -2.09. The van der Waals surface area contributed by atoms with Crippen molar-refractivity contribution in [3.8, 4) is 0 Å². The topological polar surface area (TPSA) is 112 Å². The maximum Gasteiger partial charge on any atom is 0.508 e. The minimum atomic E-state index is -0.896. The van der Waals surface area contributed by atoms with Crippen molar-refractivity contribution >= 4 is 18.3 Å². The Morgan fingerprint density at radius 2 is 1.04 bits per heavy atom. The highest BCUT2D eigenvalue weighted by Crippen LogP contribution is 2.06. The van der Waals surface area contributed by atoms with Gasteiger partial charge in [-0.3, -0.25) is 0 Å². The molecule has 0 spiro atoms. The van der Waals surface area contributed by atoms with Gasteiger partial charge in [-0.2, -0.15) is 0 Å². The van der Waals surface area contributed by atoms with Crippen molar-refractivity contribution in [1.29, 1.82) is 0 Å². The first-order valence-electron chi connectivity index (χ1n) is 7.62. The molecule has 0 fully saturated rings. The monoisotopic (exact) mass is 348 g/mol. The van der Waals surface area contributed by atoms with Gasteiger partial charge < -0.3 is 29.6 Å². The predicted molar refractivity (Wildman–Crippen MR) is 85.8 cm³/mol. The van der Waals surface area contributed by atoms with Gasteiger partial charge in [0, 0.05) is 0 Å². The van der Waals surface area contributed by atoms with Crippen LogP contribution in [0.4, 0.5) is 14.4 Å². The van der Waals surface area contributed by atoms with Gasteiger partial charge in [0.15, 0.2) is 0 Å². The lowest BCUT2D eigenvalue weighted by Gasteiger charge is -2.19. The zero-order valence-corrected chi connectivity index (χ0v) is 15.2. The van der Waals surface area contributed by atoms with Gasteiger partial charge >= 0.3 is 18.3 Å². The Morgan fingerprint density at radius 1 is 0.708 bits per heavy atom. The summed E-state index contributed by atoms with van der Waals surface area (Å²) in [6, 6.07) is 0. The molecule has 2 N–H and O–H groups in total. The van der Waals surface area contributed by atoms with E-state index in [1.54, 1.807) is 41.5 Å². The molecule has 0 aromatic heterocycles. The summed E-state index contributed by atoms with van der Waals surface area (Å²) in [7, 11) is 0. The van der Waals surface area contributed by atoms with E-state index < -0.39 is 29.5 Å². The molecule has 0 saturated carbocycles. The molecule has 0 rings (SSSR count). The van der Waals surface area contributed by atoms with Crippen molar-refractivity contribution in [1.82, 2.24) is 10.6 Å². The van der Waals surface area contributed by atoms with E-state index in [0.717, 1.165) is 0 Å². The fraction of sp³-hybridized carbons (Fsp3) is 0.800. The average Bonchev–Trinajstić information content (AvgIpc) is 2.35. The quantitative estimate of drug-likeness (QED) is 0.430. The van der Waals surface area contributed by atoms with E-state index in [1.165, 1.54) is 0 Å². The van der Waals surface area contributed by atoms with Crippen molar-refractivity contribution in [2.24, 2.45) is 0 Å². The molecule has 0 aromatic carbocycles. The third-order valence-electron chi connectivity index (χ3n) is 1.98. The van der Waals surface area contributed by atoms with E-state index in [0.29, 0.717) is 0 Å². The van der Waals surface area contributed by atoms with Crippen molar-refractivity contribution in [3.05, 3.63) is 0 Å². The Balaban J connectivity index is 3.64. The summed E-state index contributed by atoms with van der Waals surface area (Å²) in [5, 5.41) is 4.86. The Labute approximate surface area is 142 Å². The molecule has 140 valence electrons. The lowest BCUT2D eigenvalue weighted by Crippen LogP contribution is -2.35. The highest BCUT2D eigenvalue weighted by Gasteiger charge is 2.16. The third kappa shape index (κ3) is 14.7. The largest absolute Gasteiger partial charge is 0.508 e. The highest BCUT2D eigenvalue weighted by molar-refractivity contribution is 5.68. The Hall–Kier alpha value is -2.19. The first-order chi connectivity index (χ1) is 10.9. The summed E-state index contributed by atoms with van der Waals surface area (Å²) in [4.78, 5) is 33.9. The van der Waals surface area contributed by atoms with Crippen LogP contribution in [-0.2, 0) is 18.9 Å². The number of ether oxygens (including phenoxy) is 4. The second kappa shape index (κ2) is 9.84. The fourth-order valence-electron chi connectivity index (χ4n) is 1.24. The maximum atomic E-state index is 11.3. The molecule has 0 radical (unpaired) electrons. The number of nitrogens with one attached hydrogen (secondary N) is 2. The van der Waals surface area contributed by atoms with Gasteiger partial charge in [0.25, 0.3) is 0 Å². The summed E-state index contributed by atoms with van der Waals surface area (Å²) in [6.45, 7) is 10.5. The molecule has 0 heterocycles. The molecule has 0 aliphatic rings. The van der Waals surface area contributed by atoms with Crippen LogP contribution in [0, 0.1) is 0 Å². The van der Waals surface area contributed by atoms with Gasteiger partial charge in [-0.25, -0.2) is 14.4 Å². The molecule has 0 aromatic rings. The van der Waals surface area contributed by atoms with Crippen molar-refractivity contribution in [3.63, 3.8) is 0 Å². The van der Waals surface area contributed by atoms with Crippen LogP contribution in [0.15, 0.2) is 0 Å². The van der Waals surface area contributed by atoms with Crippen LogP contribution in [0.1, 0.15) is 41.5 Å². The second-order valence-electron chi connectivity index (χ2n) is 6.80. The van der Waals surface area contributed by atoms with Gasteiger partial charge in [-0.1, -0.05) is 0 Å². The number of hydrogen-bond acceptors (Lipinski definition) is 7. The average molecular weight is 348 g/mol. The van der Waals surface area contributed by atoms with E-state index in [9.17, 15) is 14.4 Å². The van der Waals surface area contributed by atoms with Crippen LogP contribution < -0.4 is 10.6 Å². The molecule has 2 amide bonds. The molecular weight excluding hydrogens is 320 g/mol. The number of hydrogen-bond donors (Lipinski definition) is 2. The first-order valence-corrected chi connectivity index (χ1v) is 7.62. The van der Waals surface area contributed by atoms with Crippen molar-refractivity contribution < 1.29 is 33.3 Å². The molecule has 9 nitrogen and oxygen atoms in total. The van der Waals surface area contributed by atoms with Gasteiger partial charge in [0.1, 0.15) is 24.4 Å². The Morgan fingerprint density at radius 3 is 1.33 bits per heavy atom. The Kier molecular flexibility index (Phi) is 8.94. The highest BCUT2D eigenvalue weighted by atomic mass is 16.7. The van der Waals surface area contributed by atoms with Crippen LogP contribution in [0.25, 0.3) is 0 Å². The summed E-state index contributed by atoms with van der Waals surface area (Å²) in [5.74, 6) is 0. The maximum absolute atomic E-state index is 11.3. The molecule has 0 bridgehead atoms. The van der Waals surface area contributed by atoms with E-state index >= 15 is 0 Å². The predicted octanol–water partition coefficient (Wildman–Crippen LogP) is 2.19. The van der Waals surface area contributed by atoms with Crippen LogP contribution in [0.2, 0.25) is 0 Å². The third-order valence-corrected chi connectivity index (χ3v) is 1.98. The lowest BCUT2D eigenvalue weighted by molar-refractivity contribution is 0.0407. The Bertz CT molecular complexity index is 387. The van der Waals surface area contributed by atoms with Crippen molar-refractivity contribution in [2.75, 3.05) is 26.3 Å². The molecule has 0 aliphatic heterocycles. The zero-order chi connectivity index (χ0) is 18.8. The van der Waals surface area contributed by atoms with E-state index in [4.69, 9.17) is 18.9 Å². The zero-order valence-electron chi connectivity index (χ0n) is 15.2. The van der Waals surface area contributed by atoms with Crippen LogP contribution >= 0.6 is 0 Å². The lowest BCUT2D eigenvalue weighted by atomic mass is 10.2. The standard InChI is InChI=1S/C15H28N2O7/c1-14(2,3)23-11(18)16-7-9-21-13(20)22-10-8-17-12(19)24-15(4,5)6/h7-10H2,1-6H3,(H,16,18)(H,17,19). The summed E-state index contributed by atoms with van der Waals surface area (Å²) >= 11 is 0. The molecular formula is C15H28N2O7. The van der Waals surface area contributed by atoms with Gasteiger partial charge in [0.05, 0.1) is 13.1 Å². The number of carbonyl (C=O) groups is 3. The number of rotatable bonds is 6. The fourth-order valence-corrected chi connectivity index (χ4v) is 1.24. The first kappa shape index (κ1) is 21.8. The second-order valence-corrected chi connectivity index (χ2v) is 6.80. The van der Waals surface area contributed by atoms with Gasteiger partial charge in [-0.15, -0.1) is 0 Å². The van der Waals surface area contributed by atoms with Gasteiger partial charge in [0.2, 0.25) is 0 Å². The molecule has 0 unspecified atom stereocenters. The van der Waals surface area contributed by atoms with Crippen LogP contribution in [0.5, 0.6) is 0 Å². The number of carbonyl (C=O) groups excluding carboxylic acids is 3. The van der Waals surface area contributed by atoms with Gasteiger partial charge in [-0.05, 0) is 41.5 Å². The smallest absolute Gasteiger partial charge is 0.444 e. The SMILES string of the molecule is CC(C)(C)OC(=O)NCCOC(=O)OCCNC(=O)OC(C)(C)C. The minimum absolute atomic E-state index is 0.0580. The molecule has 0 aliphatic carbocycles. The molecule has 0 saturated heterocycles. The normalized spacial score (nSPS) is 11.2. The van der Waals surface area contributed by atoms with Crippen LogP contribution in [-0.4, -0.2) is 55.8 Å². The minimum Gasteiger partial charge on any atom is -0.444 e. The van der Waals surface area contributed by atoms with Crippen molar-refractivity contribution in [2.45, 2.75) is 52.7 Å². The van der Waals surface area contributed by atoms with E-state index in [2.05, 4.69) is 10.6 Å². The summed E-state index contributed by atoms with van der Waals surface area (Å²) < 4.78 is 19.5. The number of alkyl carbamates (subject to hydrolysis) is 2. The van der Waals surface area contributed by atoms with E-state index in [-0.39, 0.29) is 26.3 Å². The molecule has 9 heteroatoms.